The van der Waals surface area contributed by atoms with Gasteiger partial charge in [-0.15, -0.1) is 0 Å². The number of nitrogens with one attached hydrogen (secondary N) is 1. The zero-order chi connectivity index (χ0) is 22.1. The molecule has 31 heavy (non-hydrogen) atoms. The van der Waals surface area contributed by atoms with Crippen molar-refractivity contribution < 1.29 is 22.4 Å². The van der Waals surface area contributed by atoms with Gasteiger partial charge in [0.05, 0.1) is 10.6 Å². The van der Waals surface area contributed by atoms with Gasteiger partial charge in [-0.3, -0.25) is 0 Å². The van der Waals surface area contributed by atoms with Crippen molar-refractivity contribution in [2.45, 2.75) is 36.6 Å². The molecule has 0 amide bonds. The van der Waals surface area contributed by atoms with E-state index in [9.17, 15) is 17.9 Å². The Labute approximate surface area is 182 Å². The SMILES string of the molecule is COP(=O)(O)N1CCCC1Cc1c[nH]c2ccc(CCS(=O)(=O)c3ccccc3)cc12. The van der Waals surface area contributed by atoms with Gasteiger partial charge in [0, 0.05) is 36.8 Å². The predicted molar refractivity (Wildman–Crippen MR) is 121 cm³/mol. The molecule has 2 N–H and O–H groups in total. The van der Waals surface area contributed by atoms with Gasteiger partial charge in [-0.25, -0.2) is 17.7 Å². The van der Waals surface area contributed by atoms with Crippen LogP contribution in [0, 0.1) is 0 Å². The predicted octanol–water partition coefficient (Wildman–Crippen LogP) is 3.94. The summed E-state index contributed by atoms with van der Waals surface area (Å²) in [7, 11) is -5.85. The third-order valence-corrected chi connectivity index (χ3v) is 9.34. The summed E-state index contributed by atoms with van der Waals surface area (Å²) in [5, 5.41) is 1.02. The van der Waals surface area contributed by atoms with E-state index < -0.39 is 17.6 Å². The molecule has 1 fully saturated rings. The van der Waals surface area contributed by atoms with E-state index in [2.05, 4.69) is 4.98 Å². The lowest BCUT2D eigenvalue weighted by molar-refractivity contribution is 0.227. The summed E-state index contributed by atoms with van der Waals surface area (Å²) in [5.74, 6) is 0.0419. The van der Waals surface area contributed by atoms with Crippen LogP contribution < -0.4 is 0 Å². The highest BCUT2D eigenvalue weighted by atomic mass is 32.2. The molecule has 0 spiro atoms. The first-order valence-electron chi connectivity index (χ1n) is 10.3. The first kappa shape index (κ1) is 22.2. The zero-order valence-corrected chi connectivity index (χ0v) is 19.1. The van der Waals surface area contributed by atoms with E-state index in [-0.39, 0.29) is 11.8 Å². The summed E-state index contributed by atoms with van der Waals surface area (Å²) in [6, 6.07) is 14.4. The molecular weight excluding hydrogens is 435 g/mol. The minimum absolute atomic E-state index is 0.0419. The van der Waals surface area contributed by atoms with E-state index in [0.29, 0.717) is 24.3 Å². The number of nitrogens with zero attached hydrogens (tertiary/aromatic N) is 1. The van der Waals surface area contributed by atoms with Crippen LogP contribution in [0.2, 0.25) is 0 Å². The molecule has 9 heteroatoms. The second-order valence-electron chi connectivity index (χ2n) is 7.91. The van der Waals surface area contributed by atoms with E-state index in [1.807, 2.05) is 24.4 Å². The number of benzene rings is 2. The Morgan fingerprint density at radius 2 is 2.00 bits per heavy atom. The van der Waals surface area contributed by atoms with Crippen molar-refractivity contribution in [3.05, 3.63) is 65.9 Å². The van der Waals surface area contributed by atoms with Crippen LogP contribution in [0.1, 0.15) is 24.0 Å². The Balaban J connectivity index is 1.52. The monoisotopic (exact) mass is 462 g/mol. The fourth-order valence-electron chi connectivity index (χ4n) is 4.27. The van der Waals surface area contributed by atoms with E-state index in [4.69, 9.17) is 4.52 Å². The van der Waals surface area contributed by atoms with Gasteiger partial charge in [0.1, 0.15) is 0 Å². The molecule has 2 unspecified atom stereocenters. The van der Waals surface area contributed by atoms with Crippen molar-refractivity contribution in [2.75, 3.05) is 19.4 Å². The van der Waals surface area contributed by atoms with E-state index in [1.165, 1.54) is 7.11 Å². The summed E-state index contributed by atoms with van der Waals surface area (Å²) >= 11 is 0. The van der Waals surface area contributed by atoms with Crippen LogP contribution in [0.4, 0.5) is 0 Å². The average Bonchev–Trinajstić information content (AvgIpc) is 3.41. The van der Waals surface area contributed by atoms with Crippen LogP contribution >= 0.6 is 7.75 Å². The van der Waals surface area contributed by atoms with E-state index >= 15 is 0 Å². The molecule has 166 valence electrons. The van der Waals surface area contributed by atoms with Crippen LogP contribution in [0.25, 0.3) is 10.9 Å². The molecule has 2 atom stereocenters. The number of hydrogen-bond acceptors (Lipinski definition) is 4. The topological polar surface area (TPSA) is 99.7 Å². The van der Waals surface area contributed by atoms with Crippen LogP contribution in [0.3, 0.4) is 0 Å². The molecular formula is C22H27N2O5PS. The van der Waals surface area contributed by atoms with Crippen molar-refractivity contribution in [2.24, 2.45) is 0 Å². The zero-order valence-electron chi connectivity index (χ0n) is 17.4. The van der Waals surface area contributed by atoms with Gasteiger partial charge >= 0.3 is 7.75 Å². The summed E-state index contributed by atoms with van der Waals surface area (Å²) < 4.78 is 44.0. The van der Waals surface area contributed by atoms with Crippen molar-refractivity contribution >= 4 is 28.5 Å². The third kappa shape index (κ3) is 4.78. The highest BCUT2D eigenvalue weighted by Gasteiger charge is 2.38. The lowest BCUT2D eigenvalue weighted by Crippen LogP contribution is -2.28. The van der Waals surface area contributed by atoms with Crippen LogP contribution in [0.5, 0.6) is 0 Å². The molecule has 2 heterocycles. The van der Waals surface area contributed by atoms with Crippen LogP contribution in [0.15, 0.2) is 59.6 Å². The van der Waals surface area contributed by atoms with E-state index in [1.54, 1.807) is 35.0 Å². The van der Waals surface area contributed by atoms with Gasteiger partial charge in [0.2, 0.25) is 0 Å². The Morgan fingerprint density at radius 3 is 2.74 bits per heavy atom. The lowest BCUT2D eigenvalue weighted by atomic mass is 10.0. The van der Waals surface area contributed by atoms with E-state index in [0.717, 1.165) is 34.9 Å². The van der Waals surface area contributed by atoms with Gasteiger partial charge < -0.3 is 14.4 Å². The first-order valence-corrected chi connectivity index (χ1v) is 13.5. The van der Waals surface area contributed by atoms with Crippen molar-refractivity contribution in [3.8, 4) is 0 Å². The molecule has 1 aliphatic rings. The number of rotatable bonds is 8. The number of H-pyrrole nitrogens is 1. The smallest absolute Gasteiger partial charge is 0.361 e. The van der Waals surface area contributed by atoms with Gasteiger partial charge in [-0.1, -0.05) is 24.3 Å². The maximum Gasteiger partial charge on any atom is 0.405 e. The van der Waals surface area contributed by atoms with Crippen molar-refractivity contribution in [1.29, 1.82) is 0 Å². The number of aryl methyl sites for hydroxylation is 1. The summed E-state index contributed by atoms with van der Waals surface area (Å²) in [4.78, 5) is 13.7. The molecule has 4 rings (SSSR count). The first-order chi connectivity index (χ1) is 14.8. The normalized spacial score (nSPS) is 19.6. The fourth-order valence-corrected chi connectivity index (χ4v) is 6.79. The molecule has 1 aromatic heterocycles. The lowest BCUT2D eigenvalue weighted by Gasteiger charge is -2.26. The largest absolute Gasteiger partial charge is 0.405 e. The Morgan fingerprint density at radius 1 is 1.23 bits per heavy atom. The van der Waals surface area contributed by atoms with Crippen molar-refractivity contribution in [3.63, 3.8) is 0 Å². The second-order valence-corrected chi connectivity index (χ2v) is 11.9. The molecule has 0 bridgehead atoms. The Hall–Kier alpha value is -1.96. The van der Waals surface area contributed by atoms with Gasteiger partial charge in [-0.05, 0) is 61.1 Å². The number of hydrogen-bond donors (Lipinski definition) is 2. The average molecular weight is 463 g/mol. The van der Waals surface area contributed by atoms with Crippen molar-refractivity contribution in [1.82, 2.24) is 9.65 Å². The molecule has 0 saturated carbocycles. The fraction of sp³-hybridized carbons (Fsp3) is 0.364. The van der Waals surface area contributed by atoms with Gasteiger partial charge in [0.25, 0.3) is 0 Å². The van der Waals surface area contributed by atoms with Crippen LogP contribution in [-0.4, -0.2) is 48.4 Å². The quantitative estimate of drug-likeness (QED) is 0.492. The molecule has 1 aliphatic heterocycles. The summed E-state index contributed by atoms with van der Waals surface area (Å²) in [5.41, 5.74) is 2.96. The molecule has 2 aromatic carbocycles. The summed E-state index contributed by atoms with van der Waals surface area (Å²) in [6.45, 7) is 0.539. The molecule has 1 saturated heterocycles. The Bertz CT molecular complexity index is 1210. The molecule has 7 nitrogen and oxygen atoms in total. The maximum absolute atomic E-state index is 12.6. The maximum atomic E-state index is 12.6. The number of sulfone groups is 1. The highest BCUT2D eigenvalue weighted by molar-refractivity contribution is 7.91. The number of aromatic nitrogens is 1. The molecule has 0 aliphatic carbocycles. The second kappa shape index (κ2) is 8.88. The minimum Gasteiger partial charge on any atom is -0.361 e. The highest BCUT2D eigenvalue weighted by Crippen LogP contribution is 2.50. The summed E-state index contributed by atoms with van der Waals surface area (Å²) in [6.07, 6.45) is 4.66. The minimum atomic E-state index is -3.77. The van der Waals surface area contributed by atoms with Gasteiger partial charge in [0.15, 0.2) is 9.84 Å². The third-order valence-electron chi connectivity index (χ3n) is 5.96. The number of fused-ring (bicyclic) bond motifs is 1. The number of aromatic amines is 1. The standard InChI is InChI=1S/C22H27N2O5PS/c1-29-30(25,26)24-12-5-6-19(24)15-18-16-23-22-10-9-17(14-21(18)22)11-13-31(27,28)20-7-3-2-4-8-20/h2-4,7-10,14,16,19,23H,5-6,11-13,15H2,1H3,(H,25,26). The Kier molecular flexibility index (Phi) is 6.37. The van der Waals surface area contributed by atoms with Crippen LogP contribution in [-0.2, 0) is 31.8 Å². The van der Waals surface area contributed by atoms with Gasteiger partial charge in [-0.2, -0.15) is 0 Å². The molecule has 0 radical (unpaired) electrons. The molecule has 3 aromatic rings.